The predicted octanol–water partition coefficient (Wildman–Crippen LogP) is 4.64. The van der Waals surface area contributed by atoms with Gasteiger partial charge in [-0.05, 0) is 48.4 Å². The van der Waals surface area contributed by atoms with Crippen LogP contribution in [0.4, 0.5) is 5.69 Å². The number of hydrogen-bond acceptors (Lipinski definition) is 5. The van der Waals surface area contributed by atoms with Crippen LogP contribution < -0.4 is 4.90 Å². The summed E-state index contributed by atoms with van der Waals surface area (Å²) in [5.41, 5.74) is 1.20. The summed E-state index contributed by atoms with van der Waals surface area (Å²) in [5, 5.41) is 18.5. The summed E-state index contributed by atoms with van der Waals surface area (Å²) in [6.07, 6.45) is 0. The van der Waals surface area contributed by atoms with Crippen LogP contribution in [0.1, 0.15) is 33.2 Å². The first-order valence-corrected chi connectivity index (χ1v) is 9.85. The van der Waals surface area contributed by atoms with Crippen molar-refractivity contribution >= 4 is 73.3 Å². The SMILES string of the molecule is C/C(=C1/SC(=S)N(c2cc(C(=O)O)cc(C(=O)O)c2)C1=O)c1ccc(Br)cc1. The fraction of sp³-hybridized carbons (Fsp3) is 0.0526. The van der Waals surface area contributed by atoms with Gasteiger partial charge in [-0.3, -0.25) is 9.69 Å². The van der Waals surface area contributed by atoms with Gasteiger partial charge in [-0.25, -0.2) is 9.59 Å². The third-order valence-electron chi connectivity index (χ3n) is 4.06. The number of amides is 1. The van der Waals surface area contributed by atoms with Crippen LogP contribution in [-0.2, 0) is 4.79 Å². The smallest absolute Gasteiger partial charge is 0.335 e. The summed E-state index contributed by atoms with van der Waals surface area (Å²) in [7, 11) is 0. The quantitative estimate of drug-likeness (QED) is 0.488. The minimum atomic E-state index is -1.30. The van der Waals surface area contributed by atoms with E-state index in [9.17, 15) is 24.6 Å². The van der Waals surface area contributed by atoms with Crippen molar-refractivity contribution in [1.29, 1.82) is 0 Å². The molecule has 28 heavy (non-hydrogen) atoms. The highest BCUT2D eigenvalue weighted by atomic mass is 79.9. The third-order valence-corrected chi connectivity index (χ3v) is 6.06. The van der Waals surface area contributed by atoms with E-state index < -0.39 is 17.8 Å². The molecule has 0 bridgehead atoms. The number of nitrogens with zero attached hydrogens (tertiary/aromatic N) is 1. The van der Waals surface area contributed by atoms with Crippen molar-refractivity contribution in [3.05, 3.63) is 68.5 Å². The van der Waals surface area contributed by atoms with Crippen LogP contribution in [0.2, 0.25) is 0 Å². The number of anilines is 1. The molecule has 1 fully saturated rings. The first kappa shape index (κ1) is 20.2. The summed E-state index contributed by atoms with van der Waals surface area (Å²) in [6.45, 7) is 1.80. The van der Waals surface area contributed by atoms with Gasteiger partial charge in [0, 0.05) is 4.47 Å². The molecule has 0 spiro atoms. The lowest BCUT2D eigenvalue weighted by molar-refractivity contribution is -0.113. The number of thiocarbonyl (C=S) groups is 1. The number of carbonyl (C=O) groups excluding carboxylic acids is 1. The Bertz CT molecular complexity index is 1030. The first-order valence-electron chi connectivity index (χ1n) is 7.84. The maximum atomic E-state index is 13.0. The Morgan fingerprint density at radius 2 is 1.54 bits per heavy atom. The van der Waals surface area contributed by atoms with Crippen LogP contribution in [0.25, 0.3) is 5.57 Å². The monoisotopic (exact) mass is 477 g/mol. The second kappa shape index (κ2) is 7.86. The molecule has 9 heteroatoms. The number of hydrogen-bond donors (Lipinski definition) is 2. The molecule has 0 aromatic heterocycles. The van der Waals surface area contributed by atoms with Crippen molar-refractivity contribution in [2.45, 2.75) is 6.92 Å². The number of allylic oxidation sites excluding steroid dienone is 1. The van der Waals surface area contributed by atoms with Crippen LogP contribution in [0.3, 0.4) is 0 Å². The average Bonchev–Trinajstić information content (AvgIpc) is 2.95. The van der Waals surface area contributed by atoms with Gasteiger partial charge in [-0.1, -0.05) is 52.0 Å². The summed E-state index contributed by atoms with van der Waals surface area (Å²) in [6, 6.07) is 10.9. The zero-order chi connectivity index (χ0) is 20.6. The molecule has 0 unspecified atom stereocenters. The van der Waals surface area contributed by atoms with Crippen LogP contribution in [-0.4, -0.2) is 32.4 Å². The van der Waals surface area contributed by atoms with Crippen molar-refractivity contribution in [2.75, 3.05) is 4.90 Å². The summed E-state index contributed by atoms with van der Waals surface area (Å²) in [5.74, 6) is -3.01. The Hall–Kier alpha value is -2.49. The lowest BCUT2D eigenvalue weighted by Crippen LogP contribution is -2.28. The highest BCUT2D eigenvalue weighted by molar-refractivity contribution is 9.10. The number of rotatable bonds is 4. The molecule has 2 aromatic carbocycles. The van der Waals surface area contributed by atoms with Gasteiger partial charge < -0.3 is 10.2 Å². The molecule has 1 amide bonds. The molecule has 0 aliphatic carbocycles. The van der Waals surface area contributed by atoms with Crippen molar-refractivity contribution in [1.82, 2.24) is 0 Å². The standard InChI is InChI=1S/C19H12BrNO5S2/c1-9(10-2-4-13(20)5-3-10)15-16(22)21(19(27)28-15)14-7-11(17(23)24)6-12(8-14)18(25)26/h2-8H,1H3,(H,23,24)(H,25,26)/b15-9-. The lowest BCUT2D eigenvalue weighted by atomic mass is 10.1. The minimum Gasteiger partial charge on any atom is -0.478 e. The van der Waals surface area contributed by atoms with Crippen molar-refractivity contribution in [3.8, 4) is 0 Å². The van der Waals surface area contributed by atoms with Gasteiger partial charge in [0.2, 0.25) is 0 Å². The molecule has 2 aromatic rings. The summed E-state index contributed by atoms with van der Waals surface area (Å²) < 4.78 is 1.11. The Kier molecular flexibility index (Phi) is 5.69. The predicted molar refractivity (Wildman–Crippen MR) is 115 cm³/mol. The molecule has 1 saturated heterocycles. The summed E-state index contributed by atoms with van der Waals surface area (Å²) >= 11 is 9.77. The molecule has 6 nitrogen and oxygen atoms in total. The zero-order valence-electron chi connectivity index (χ0n) is 14.3. The largest absolute Gasteiger partial charge is 0.478 e. The number of aromatic carboxylic acids is 2. The van der Waals surface area contributed by atoms with Gasteiger partial charge >= 0.3 is 11.9 Å². The van der Waals surface area contributed by atoms with Crippen molar-refractivity contribution < 1.29 is 24.6 Å². The Morgan fingerprint density at radius 1 is 1.00 bits per heavy atom. The molecule has 1 aliphatic rings. The number of carbonyl (C=O) groups is 3. The van der Waals surface area contributed by atoms with E-state index in [0.29, 0.717) is 4.91 Å². The highest BCUT2D eigenvalue weighted by Crippen LogP contribution is 2.39. The maximum Gasteiger partial charge on any atom is 0.335 e. The second-order valence-electron chi connectivity index (χ2n) is 5.85. The van der Waals surface area contributed by atoms with Crippen molar-refractivity contribution in [2.24, 2.45) is 0 Å². The van der Waals surface area contributed by atoms with E-state index in [-0.39, 0.29) is 21.1 Å². The van der Waals surface area contributed by atoms with Crippen LogP contribution in [0.5, 0.6) is 0 Å². The van der Waals surface area contributed by atoms with Crippen LogP contribution in [0.15, 0.2) is 51.8 Å². The average molecular weight is 478 g/mol. The third kappa shape index (κ3) is 3.87. The number of carboxylic acids is 2. The number of halogens is 1. The van der Waals surface area contributed by atoms with Gasteiger partial charge in [0.05, 0.1) is 21.7 Å². The molecule has 1 aliphatic heterocycles. The van der Waals surface area contributed by atoms with Gasteiger partial charge in [0.15, 0.2) is 4.32 Å². The van der Waals surface area contributed by atoms with Crippen LogP contribution in [0, 0.1) is 0 Å². The Labute approximate surface area is 178 Å². The molecule has 2 N–H and O–H groups in total. The van der Waals surface area contributed by atoms with Crippen LogP contribution >= 0.6 is 39.9 Å². The molecule has 0 radical (unpaired) electrons. The fourth-order valence-corrected chi connectivity index (χ4v) is 4.25. The van der Waals surface area contributed by atoms with Crippen molar-refractivity contribution in [3.63, 3.8) is 0 Å². The normalized spacial score (nSPS) is 15.7. The van der Waals surface area contributed by atoms with E-state index in [1.807, 2.05) is 24.3 Å². The lowest BCUT2D eigenvalue weighted by Gasteiger charge is -2.16. The Morgan fingerprint density at radius 3 is 2.04 bits per heavy atom. The molecule has 1 heterocycles. The van der Waals surface area contributed by atoms with E-state index >= 15 is 0 Å². The number of carboxylic acid groups (broad SMARTS) is 2. The zero-order valence-corrected chi connectivity index (χ0v) is 17.5. The van der Waals surface area contributed by atoms with E-state index in [2.05, 4.69) is 15.9 Å². The van der Waals surface area contributed by atoms with Gasteiger partial charge in [0.1, 0.15) is 0 Å². The number of thioether (sulfide) groups is 1. The molecule has 3 rings (SSSR count). The van der Waals surface area contributed by atoms with E-state index in [0.717, 1.165) is 38.3 Å². The van der Waals surface area contributed by atoms with E-state index in [4.69, 9.17) is 12.2 Å². The topological polar surface area (TPSA) is 94.9 Å². The molecule has 142 valence electrons. The molecule has 0 atom stereocenters. The van der Waals surface area contributed by atoms with Gasteiger partial charge in [0.25, 0.3) is 5.91 Å². The minimum absolute atomic E-state index is 0.110. The van der Waals surface area contributed by atoms with Gasteiger partial charge in [-0.15, -0.1) is 0 Å². The van der Waals surface area contributed by atoms with E-state index in [1.54, 1.807) is 6.92 Å². The molecular weight excluding hydrogens is 466 g/mol. The fourth-order valence-electron chi connectivity index (χ4n) is 2.64. The molecule has 0 saturated carbocycles. The first-order chi connectivity index (χ1) is 13.2. The summed E-state index contributed by atoms with van der Waals surface area (Å²) in [4.78, 5) is 37.3. The second-order valence-corrected chi connectivity index (χ2v) is 8.41. The maximum absolute atomic E-state index is 13.0. The Balaban J connectivity index is 2.07. The van der Waals surface area contributed by atoms with E-state index in [1.165, 1.54) is 12.1 Å². The van der Waals surface area contributed by atoms with Gasteiger partial charge in [-0.2, -0.15) is 0 Å². The highest BCUT2D eigenvalue weighted by Gasteiger charge is 2.35. The molecular formula is C19H12BrNO5S2. The number of benzene rings is 2.